The fourth-order valence-electron chi connectivity index (χ4n) is 3.68. The zero-order chi connectivity index (χ0) is 22.9. The molecule has 2 heterocycles. The molecular weight excluding hydrogens is 450 g/mol. The minimum absolute atomic E-state index is 0.102. The van der Waals surface area contributed by atoms with E-state index < -0.39 is 15.9 Å². The highest BCUT2D eigenvalue weighted by atomic mass is 35.5. The van der Waals surface area contributed by atoms with Crippen LogP contribution in [0.25, 0.3) is 10.9 Å². The molecule has 1 aliphatic heterocycles. The number of hydrogen-bond acceptors (Lipinski definition) is 6. The van der Waals surface area contributed by atoms with E-state index in [4.69, 9.17) is 17.3 Å². The third-order valence-electron chi connectivity index (χ3n) is 5.52. The average molecular weight is 474 g/mol. The smallest absolute Gasteiger partial charge is 0.257 e. The van der Waals surface area contributed by atoms with Crippen LogP contribution in [0.4, 0.5) is 11.4 Å². The summed E-state index contributed by atoms with van der Waals surface area (Å²) in [5, 5.41) is 3.82. The number of fused-ring (bicyclic) bond motifs is 1. The number of benzene rings is 2. The normalized spacial score (nSPS) is 16.1. The fourth-order valence-corrected chi connectivity index (χ4v) is 5.45. The van der Waals surface area contributed by atoms with E-state index in [1.165, 1.54) is 22.5 Å². The van der Waals surface area contributed by atoms with Gasteiger partial charge in [-0.05, 0) is 56.4 Å². The van der Waals surface area contributed by atoms with Crippen LogP contribution >= 0.6 is 11.6 Å². The predicted octanol–water partition coefficient (Wildman–Crippen LogP) is 3.05. The summed E-state index contributed by atoms with van der Waals surface area (Å²) in [4.78, 5) is 19.3. The summed E-state index contributed by atoms with van der Waals surface area (Å²) < 4.78 is 27.6. The van der Waals surface area contributed by atoms with E-state index in [0.717, 1.165) is 18.4 Å². The lowest BCUT2D eigenvalue weighted by Crippen LogP contribution is -2.34. The van der Waals surface area contributed by atoms with Crippen molar-refractivity contribution in [2.75, 3.05) is 44.3 Å². The fraction of sp³-hybridized carbons (Fsp3) is 0.273. The second-order valence-electron chi connectivity index (χ2n) is 7.79. The third kappa shape index (κ3) is 4.56. The van der Waals surface area contributed by atoms with Crippen LogP contribution in [0.2, 0.25) is 5.02 Å². The van der Waals surface area contributed by atoms with E-state index in [9.17, 15) is 13.2 Å². The maximum Gasteiger partial charge on any atom is 0.257 e. The Kier molecular flexibility index (Phi) is 6.34. The molecule has 0 bridgehead atoms. The predicted molar refractivity (Wildman–Crippen MR) is 126 cm³/mol. The SMILES string of the molecule is CN1CCCN(S(=O)(=O)c2ccc(NC(=O)c3cc4ncccc4cc3Cl)c(N)c2)CC1. The number of likely N-dealkylation sites (N-methyl/N-ethyl adjacent to an activating group) is 1. The van der Waals surface area contributed by atoms with Crippen LogP contribution in [-0.2, 0) is 10.0 Å². The molecule has 1 aromatic heterocycles. The second-order valence-corrected chi connectivity index (χ2v) is 10.1. The molecule has 8 nitrogen and oxygen atoms in total. The Hall–Kier alpha value is -2.72. The number of pyridine rings is 1. The van der Waals surface area contributed by atoms with E-state index in [2.05, 4.69) is 15.2 Å². The monoisotopic (exact) mass is 473 g/mol. The van der Waals surface area contributed by atoms with Crippen molar-refractivity contribution < 1.29 is 13.2 Å². The standard InChI is InChI=1S/C22H24ClN5O3S/c1-27-8-3-9-28(11-10-27)32(30,31)16-5-6-20(19(24)13-16)26-22(29)17-14-21-15(12-18(17)23)4-2-7-25-21/h2,4-7,12-14H,3,8-11,24H2,1H3,(H,26,29). The van der Waals surface area contributed by atoms with Gasteiger partial charge >= 0.3 is 0 Å². The summed E-state index contributed by atoms with van der Waals surface area (Å²) in [6.45, 7) is 2.40. The van der Waals surface area contributed by atoms with Gasteiger partial charge in [0.2, 0.25) is 10.0 Å². The van der Waals surface area contributed by atoms with Crippen LogP contribution in [0.5, 0.6) is 0 Å². The lowest BCUT2D eigenvalue weighted by atomic mass is 10.1. The topological polar surface area (TPSA) is 109 Å². The van der Waals surface area contributed by atoms with Crippen LogP contribution in [-0.4, -0.2) is 61.7 Å². The molecule has 1 fully saturated rings. The van der Waals surface area contributed by atoms with Crippen LogP contribution in [0.1, 0.15) is 16.8 Å². The number of nitrogen functional groups attached to an aromatic ring is 1. The molecule has 2 aromatic carbocycles. The van der Waals surface area contributed by atoms with Gasteiger partial charge in [-0.25, -0.2) is 8.42 Å². The second kappa shape index (κ2) is 9.03. The molecular formula is C22H24ClN5O3S. The number of sulfonamides is 1. The lowest BCUT2D eigenvalue weighted by molar-refractivity contribution is 0.102. The third-order valence-corrected chi connectivity index (χ3v) is 7.73. The highest BCUT2D eigenvalue weighted by molar-refractivity contribution is 7.89. The molecule has 168 valence electrons. The Morgan fingerprint density at radius 1 is 1.12 bits per heavy atom. The molecule has 0 aliphatic carbocycles. The molecule has 32 heavy (non-hydrogen) atoms. The maximum atomic E-state index is 13.1. The number of nitrogens with two attached hydrogens (primary N) is 1. The molecule has 0 radical (unpaired) electrons. The summed E-state index contributed by atoms with van der Waals surface area (Å²) in [5.74, 6) is -0.458. The average Bonchev–Trinajstić information content (AvgIpc) is 2.99. The number of amides is 1. The van der Waals surface area contributed by atoms with Crippen molar-refractivity contribution in [3.8, 4) is 0 Å². The van der Waals surface area contributed by atoms with Gasteiger partial charge in [-0.1, -0.05) is 17.7 Å². The van der Waals surface area contributed by atoms with Gasteiger partial charge in [0.25, 0.3) is 5.91 Å². The first kappa shape index (κ1) is 22.5. The summed E-state index contributed by atoms with van der Waals surface area (Å²) in [6, 6.07) is 11.3. The Morgan fingerprint density at radius 3 is 2.72 bits per heavy atom. The minimum Gasteiger partial charge on any atom is -0.397 e. The van der Waals surface area contributed by atoms with Crippen molar-refractivity contribution in [3.05, 3.63) is 59.2 Å². The quantitative estimate of drug-likeness (QED) is 0.564. The number of carbonyl (C=O) groups excluding carboxylic acids is 1. The van der Waals surface area contributed by atoms with Gasteiger partial charge in [0.15, 0.2) is 0 Å². The first-order valence-corrected chi connectivity index (χ1v) is 12.0. The van der Waals surface area contributed by atoms with E-state index in [-0.39, 0.29) is 21.2 Å². The van der Waals surface area contributed by atoms with Gasteiger partial charge in [0, 0.05) is 31.2 Å². The molecule has 0 saturated carbocycles. The number of nitrogens with one attached hydrogen (secondary N) is 1. The molecule has 1 aliphatic rings. The number of aromatic nitrogens is 1. The van der Waals surface area contributed by atoms with Gasteiger partial charge < -0.3 is 16.0 Å². The maximum absolute atomic E-state index is 13.1. The zero-order valence-electron chi connectivity index (χ0n) is 17.6. The number of anilines is 2. The van der Waals surface area contributed by atoms with E-state index >= 15 is 0 Å². The minimum atomic E-state index is -3.68. The highest BCUT2D eigenvalue weighted by Crippen LogP contribution is 2.28. The Bertz CT molecular complexity index is 1280. The molecule has 10 heteroatoms. The summed E-state index contributed by atoms with van der Waals surface area (Å²) in [6.07, 6.45) is 2.40. The Morgan fingerprint density at radius 2 is 1.94 bits per heavy atom. The van der Waals surface area contributed by atoms with E-state index in [1.807, 2.05) is 13.1 Å². The zero-order valence-corrected chi connectivity index (χ0v) is 19.2. The van der Waals surface area contributed by atoms with Crippen molar-refractivity contribution in [1.82, 2.24) is 14.2 Å². The van der Waals surface area contributed by atoms with Crippen molar-refractivity contribution in [1.29, 1.82) is 0 Å². The molecule has 1 saturated heterocycles. The molecule has 1 amide bonds. The van der Waals surface area contributed by atoms with E-state index in [0.29, 0.717) is 30.8 Å². The number of carbonyl (C=O) groups is 1. The van der Waals surface area contributed by atoms with Crippen LogP contribution < -0.4 is 11.1 Å². The number of rotatable bonds is 4. The van der Waals surface area contributed by atoms with Crippen molar-refractivity contribution >= 4 is 49.8 Å². The molecule has 0 atom stereocenters. The summed E-state index contributed by atoms with van der Waals surface area (Å²) in [7, 11) is -1.70. The summed E-state index contributed by atoms with van der Waals surface area (Å²) >= 11 is 6.29. The molecule has 3 aromatic rings. The van der Waals surface area contributed by atoms with Gasteiger partial charge in [-0.3, -0.25) is 9.78 Å². The largest absolute Gasteiger partial charge is 0.397 e. The molecule has 4 rings (SSSR count). The molecule has 0 unspecified atom stereocenters. The first-order valence-electron chi connectivity index (χ1n) is 10.2. The number of nitrogens with zero attached hydrogens (tertiary/aromatic N) is 3. The first-order chi connectivity index (χ1) is 15.3. The summed E-state index contributed by atoms with van der Waals surface area (Å²) in [5.41, 5.74) is 7.46. The van der Waals surface area contributed by atoms with Gasteiger partial charge in [-0.15, -0.1) is 0 Å². The molecule has 3 N–H and O–H groups in total. The molecule has 0 spiro atoms. The number of halogens is 1. The van der Waals surface area contributed by atoms with Crippen molar-refractivity contribution in [2.45, 2.75) is 11.3 Å². The van der Waals surface area contributed by atoms with Crippen molar-refractivity contribution in [3.63, 3.8) is 0 Å². The van der Waals surface area contributed by atoms with Crippen LogP contribution in [0.15, 0.2) is 53.6 Å². The highest BCUT2D eigenvalue weighted by Gasteiger charge is 2.27. The van der Waals surface area contributed by atoms with Crippen LogP contribution in [0.3, 0.4) is 0 Å². The van der Waals surface area contributed by atoms with Crippen molar-refractivity contribution in [2.24, 2.45) is 0 Å². The van der Waals surface area contributed by atoms with Gasteiger partial charge in [0.05, 0.1) is 32.4 Å². The lowest BCUT2D eigenvalue weighted by Gasteiger charge is -2.21. The Balaban J connectivity index is 1.56. The van der Waals surface area contributed by atoms with Gasteiger partial charge in [0.1, 0.15) is 0 Å². The number of hydrogen-bond donors (Lipinski definition) is 2. The van der Waals surface area contributed by atoms with E-state index in [1.54, 1.807) is 24.4 Å². The van der Waals surface area contributed by atoms with Crippen LogP contribution in [0, 0.1) is 0 Å². The van der Waals surface area contributed by atoms with Gasteiger partial charge in [-0.2, -0.15) is 4.31 Å². The Labute approximate surface area is 192 Å².